The van der Waals surface area contributed by atoms with E-state index in [-0.39, 0.29) is 5.41 Å². The minimum atomic E-state index is 0.237. The van der Waals surface area contributed by atoms with Crippen LogP contribution in [0.4, 0.5) is 0 Å². The number of hydrogen-bond donors (Lipinski definition) is 2. The minimum Gasteiger partial charge on any atom is -0.316 e. The summed E-state index contributed by atoms with van der Waals surface area (Å²) in [5, 5.41) is 11.0. The molecule has 2 fully saturated rings. The van der Waals surface area contributed by atoms with Crippen LogP contribution in [0.2, 0.25) is 0 Å². The van der Waals surface area contributed by atoms with E-state index in [1.165, 1.54) is 32.1 Å². The maximum atomic E-state index is 4.74. The van der Waals surface area contributed by atoms with Crippen molar-refractivity contribution in [3.8, 4) is 0 Å². The smallest absolute Gasteiger partial charge is 0.156 e. The van der Waals surface area contributed by atoms with Crippen LogP contribution in [0.25, 0.3) is 0 Å². The molecule has 1 unspecified atom stereocenters. The maximum absolute atomic E-state index is 4.74. The molecule has 1 aliphatic heterocycles. The third-order valence-corrected chi connectivity index (χ3v) is 4.20. The Morgan fingerprint density at radius 2 is 2.12 bits per heavy atom. The van der Waals surface area contributed by atoms with Crippen LogP contribution in [0.15, 0.2) is 0 Å². The first-order chi connectivity index (χ1) is 7.78. The maximum Gasteiger partial charge on any atom is 0.156 e. The van der Waals surface area contributed by atoms with Crippen LogP contribution in [0, 0.1) is 0 Å². The Labute approximate surface area is 96.2 Å². The second-order valence-electron chi connectivity index (χ2n) is 5.50. The zero-order valence-corrected chi connectivity index (χ0v) is 9.92. The van der Waals surface area contributed by atoms with Gasteiger partial charge in [0.05, 0.1) is 0 Å². The highest BCUT2D eigenvalue weighted by Gasteiger charge is 2.35. The van der Waals surface area contributed by atoms with Crippen LogP contribution in [-0.2, 0) is 5.41 Å². The molecule has 0 radical (unpaired) electrons. The van der Waals surface area contributed by atoms with Crippen molar-refractivity contribution in [2.45, 2.75) is 50.4 Å². The van der Waals surface area contributed by atoms with Gasteiger partial charge in [-0.3, -0.25) is 5.10 Å². The van der Waals surface area contributed by atoms with Crippen molar-refractivity contribution in [3.63, 3.8) is 0 Å². The van der Waals surface area contributed by atoms with Gasteiger partial charge in [0.1, 0.15) is 5.82 Å². The summed E-state index contributed by atoms with van der Waals surface area (Å²) in [4.78, 5) is 4.74. The first-order valence-electron chi connectivity index (χ1n) is 6.41. The topological polar surface area (TPSA) is 53.6 Å². The summed E-state index contributed by atoms with van der Waals surface area (Å²) in [6.45, 7) is 4.46. The third-order valence-electron chi connectivity index (χ3n) is 4.20. The van der Waals surface area contributed by atoms with E-state index in [0.717, 1.165) is 24.7 Å². The van der Waals surface area contributed by atoms with Crippen LogP contribution in [-0.4, -0.2) is 28.3 Å². The van der Waals surface area contributed by atoms with E-state index in [2.05, 4.69) is 22.4 Å². The molecule has 0 aromatic carbocycles. The molecule has 2 N–H and O–H groups in total. The Kier molecular flexibility index (Phi) is 2.46. The lowest BCUT2D eigenvalue weighted by Crippen LogP contribution is -2.19. The Morgan fingerprint density at radius 3 is 2.81 bits per heavy atom. The quantitative estimate of drug-likeness (QED) is 0.798. The van der Waals surface area contributed by atoms with Crippen LogP contribution in [0.3, 0.4) is 0 Å². The van der Waals surface area contributed by atoms with Crippen molar-refractivity contribution in [1.29, 1.82) is 0 Å². The second kappa shape index (κ2) is 3.84. The highest BCUT2D eigenvalue weighted by atomic mass is 15.2. The summed E-state index contributed by atoms with van der Waals surface area (Å²) < 4.78 is 0. The monoisotopic (exact) mass is 220 g/mol. The zero-order chi connectivity index (χ0) is 11.0. The van der Waals surface area contributed by atoms with Crippen molar-refractivity contribution in [2.75, 3.05) is 13.1 Å². The van der Waals surface area contributed by atoms with E-state index < -0.39 is 0 Å². The molecule has 4 heteroatoms. The normalized spacial score (nSPS) is 28.7. The number of nitrogens with zero attached hydrogens (tertiary/aromatic N) is 2. The SMILES string of the molecule is CC1(c2n[nH]c(C3CCNC3)n2)CCCC1. The average Bonchev–Trinajstić information content (AvgIpc) is 2.98. The molecule has 1 aromatic rings. The second-order valence-corrected chi connectivity index (χ2v) is 5.50. The molecule has 3 rings (SSSR count). The third kappa shape index (κ3) is 1.65. The fraction of sp³-hybridized carbons (Fsp3) is 0.833. The molecule has 0 spiro atoms. The lowest BCUT2D eigenvalue weighted by molar-refractivity contribution is 0.460. The molecule has 0 amide bonds. The number of rotatable bonds is 2. The molecule has 88 valence electrons. The molecule has 1 saturated carbocycles. The summed E-state index contributed by atoms with van der Waals surface area (Å²) in [7, 11) is 0. The van der Waals surface area contributed by atoms with E-state index in [9.17, 15) is 0 Å². The molecule has 1 atom stereocenters. The van der Waals surface area contributed by atoms with E-state index in [1.807, 2.05) is 0 Å². The van der Waals surface area contributed by atoms with E-state index in [0.29, 0.717) is 5.92 Å². The van der Waals surface area contributed by atoms with Gasteiger partial charge in [-0.2, -0.15) is 5.10 Å². The summed E-state index contributed by atoms with van der Waals surface area (Å²) in [6, 6.07) is 0. The molecule has 16 heavy (non-hydrogen) atoms. The van der Waals surface area contributed by atoms with E-state index in [4.69, 9.17) is 4.98 Å². The Bertz CT molecular complexity index is 359. The average molecular weight is 220 g/mol. The van der Waals surface area contributed by atoms with Crippen LogP contribution in [0.5, 0.6) is 0 Å². The van der Waals surface area contributed by atoms with E-state index in [1.54, 1.807) is 0 Å². The highest BCUT2D eigenvalue weighted by Crippen LogP contribution is 2.39. The number of hydrogen-bond acceptors (Lipinski definition) is 3. The predicted molar refractivity (Wildman–Crippen MR) is 62.4 cm³/mol. The zero-order valence-electron chi connectivity index (χ0n) is 9.92. The van der Waals surface area contributed by atoms with Crippen molar-refractivity contribution in [2.24, 2.45) is 0 Å². The number of nitrogens with one attached hydrogen (secondary N) is 2. The van der Waals surface area contributed by atoms with Crippen LogP contribution >= 0.6 is 0 Å². The fourth-order valence-corrected chi connectivity index (χ4v) is 2.99. The van der Waals surface area contributed by atoms with Gasteiger partial charge in [0.15, 0.2) is 5.82 Å². The van der Waals surface area contributed by atoms with E-state index >= 15 is 0 Å². The van der Waals surface area contributed by atoms with Gasteiger partial charge in [-0.25, -0.2) is 4.98 Å². The minimum absolute atomic E-state index is 0.237. The molecule has 2 heterocycles. The van der Waals surface area contributed by atoms with Crippen molar-refractivity contribution >= 4 is 0 Å². The summed E-state index contributed by atoms with van der Waals surface area (Å²) in [6.07, 6.45) is 6.32. The number of aromatic amines is 1. The van der Waals surface area contributed by atoms with Gasteiger partial charge < -0.3 is 5.32 Å². The fourth-order valence-electron chi connectivity index (χ4n) is 2.99. The molecule has 0 bridgehead atoms. The lowest BCUT2D eigenvalue weighted by atomic mass is 9.88. The first-order valence-corrected chi connectivity index (χ1v) is 6.41. The van der Waals surface area contributed by atoms with Gasteiger partial charge >= 0.3 is 0 Å². The molecule has 1 aliphatic carbocycles. The Balaban J connectivity index is 1.81. The van der Waals surface area contributed by atoms with Gasteiger partial charge in [0.25, 0.3) is 0 Å². The van der Waals surface area contributed by atoms with Crippen molar-refractivity contribution in [1.82, 2.24) is 20.5 Å². The summed E-state index contributed by atoms with van der Waals surface area (Å²) in [5.41, 5.74) is 0.237. The Morgan fingerprint density at radius 1 is 1.31 bits per heavy atom. The molecule has 1 aromatic heterocycles. The number of aromatic nitrogens is 3. The molecular weight excluding hydrogens is 200 g/mol. The van der Waals surface area contributed by atoms with Gasteiger partial charge in [-0.1, -0.05) is 19.8 Å². The van der Waals surface area contributed by atoms with Crippen molar-refractivity contribution < 1.29 is 0 Å². The highest BCUT2D eigenvalue weighted by molar-refractivity contribution is 5.11. The first kappa shape index (κ1) is 10.3. The van der Waals surface area contributed by atoms with Gasteiger partial charge in [-0.15, -0.1) is 0 Å². The van der Waals surface area contributed by atoms with Gasteiger partial charge in [0, 0.05) is 17.9 Å². The molecule has 4 nitrogen and oxygen atoms in total. The largest absolute Gasteiger partial charge is 0.316 e. The molecule has 2 aliphatic rings. The van der Waals surface area contributed by atoms with Gasteiger partial charge in [-0.05, 0) is 25.8 Å². The molecular formula is C12H20N4. The van der Waals surface area contributed by atoms with Crippen LogP contribution in [0.1, 0.15) is 56.6 Å². The van der Waals surface area contributed by atoms with Crippen LogP contribution < -0.4 is 5.32 Å². The number of H-pyrrole nitrogens is 1. The van der Waals surface area contributed by atoms with Crippen molar-refractivity contribution in [3.05, 3.63) is 11.6 Å². The predicted octanol–water partition coefficient (Wildman–Crippen LogP) is 1.71. The summed E-state index contributed by atoms with van der Waals surface area (Å²) >= 11 is 0. The lowest BCUT2D eigenvalue weighted by Gasteiger charge is -2.18. The summed E-state index contributed by atoms with van der Waals surface area (Å²) in [5.74, 6) is 2.69. The molecule has 1 saturated heterocycles. The Hall–Kier alpha value is -0.900. The van der Waals surface area contributed by atoms with Gasteiger partial charge in [0.2, 0.25) is 0 Å². The standard InChI is InChI=1S/C12H20N4/c1-12(5-2-3-6-12)11-14-10(15-16-11)9-4-7-13-8-9/h9,13H,2-8H2,1H3,(H,14,15,16).